The number of pyridine rings is 1. The Labute approximate surface area is 202 Å². The number of aromatic nitrogens is 2. The maximum atomic E-state index is 13.3. The van der Waals surface area contributed by atoms with Gasteiger partial charge in [0.1, 0.15) is 11.6 Å². The molecule has 1 N–H and O–H groups in total. The van der Waals surface area contributed by atoms with Gasteiger partial charge in [0.15, 0.2) is 17.3 Å². The number of hydrogen-bond acceptors (Lipinski definition) is 6. The van der Waals surface area contributed by atoms with Gasteiger partial charge in [0, 0.05) is 46.2 Å². The lowest BCUT2D eigenvalue weighted by Crippen LogP contribution is -2.32. The molecule has 2 aromatic heterocycles. The molecule has 8 nitrogen and oxygen atoms in total. The van der Waals surface area contributed by atoms with Gasteiger partial charge < -0.3 is 14.8 Å². The molecule has 1 amide bonds. The highest BCUT2D eigenvalue weighted by atomic mass is 79.9. The van der Waals surface area contributed by atoms with E-state index in [0.717, 1.165) is 4.47 Å². The van der Waals surface area contributed by atoms with Gasteiger partial charge in [-0.3, -0.25) is 18.8 Å². The molecule has 0 saturated heterocycles. The van der Waals surface area contributed by atoms with E-state index in [2.05, 4.69) is 26.2 Å². The lowest BCUT2D eigenvalue weighted by Gasteiger charge is -2.16. The maximum absolute atomic E-state index is 13.3. The van der Waals surface area contributed by atoms with Crippen molar-refractivity contribution in [1.29, 1.82) is 0 Å². The fraction of sp³-hybridized carbons (Fsp3) is 0.120. The molecule has 0 radical (unpaired) electrons. The van der Waals surface area contributed by atoms with Crippen molar-refractivity contribution in [3.63, 3.8) is 0 Å². The Morgan fingerprint density at radius 3 is 2.65 bits per heavy atom. The van der Waals surface area contributed by atoms with Gasteiger partial charge in [0.05, 0.1) is 0 Å². The number of fused-ring (bicyclic) bond motifs is 2. The lowest BCUT2D eigenvalue weighted by atomic mass is 9.92. The number of carbonyl (C=O) groups excluding carboxylic acids is 2. The normalized spacial score (nSPS) is 13.0. The Hall–Kier alpha value is -3.98. The van der Waals surface area contributed by atoms with Gasteiger partial charge in [-0.25, -0.2) is 4.98 Å². The number of halogens is 1. The third-order valence-corrected chi connectivity index (χ3v) is 5.89. The van der Waals surface area contributed by atoms with E-state index in [1.165, 1.54) is 10.5 Å². The summed E-state index contributed by atoms with van der Waals surface area (Å²) in [5.74, 6) is -0.874. The summed E-state index contributed by atoms with van der Waals surface area (Å²) in [6.45, 7) is 0.113. The number of carbonyl (C=O) groups is 2. The number of nitrogens with zero attached hydrogens (tertiary/aromatic N) is 2. The van der Waals surface area contributed by atoms with Crippen LogP contribution >= 0.6 is 15.9 Å². The highest BCUT2D eigenvalue weighted by molar-refractivity contribution is 9.10. The molecule has 0 saturated carbocycles. The van der Waals surface area contributed by atoms with Crippen LogP contribution in [-0.4, -0.2) is 27.9 Å². The summed E-state index contributed by atoms with van der Waals surface area (Å²) in [5.41, 5.74) is 1.34. The first-order valence-corrected chi connectivity index (χ1v) is 11.2. The molecule has 1 aliphatic heterocycles. The highest BCUT2D eigenvalue weighted by Crippen LogP contribution is 2.34. The average molecular weight is 520 g/mol. The smallest absolute Gasteiger partial charge is 0.258 e. The van der Waals surface area contributed by atoms with Crippen LogP contribution in [0.3, 0.4) is 0 Å². The molecule has 3 heterocycles. The van der Waals surface area contributed by atoms with Gasteiger partial charge in [-0.05, 0) is 40.2 Å². The largest absolute Gasteiger partial charge is 0.454 e. The van der Waals surface area contributed by atoms with Crippen molar-refractivity contribution in [3.8, 4) is 11.5 Å². The summed E-state index contributed by atoms with van der Waals surface area (Å²) in [6.07, 6.45) is 1.58. The van der Waals surface area contributed by atoms with Crippen molar-refractivity contribution >= 4 is 39.0 Å². The molecule has 170 valence electrons. The van der Waals surface area contributed by atoms with Crippen LogP contribution in [0.5, 0.6) is 11.5 Å². The molecule has 1 atom stereocenters. The molecule has 5 rings (SSSR count). The number of ketones is 1. The summed E-state index contributed by atoms with van der Waals surface area (Å²) in [7, 11) is 0. The van der Waals surface area contributed by atoms with Crippen LogP contribution in [0.2, 0.25) is 0 Å². The first kappa shape index (κ1) is 21.8. The summed E-state index contributed by atoms with van der Waals surface area (Å²) in [5, 5.41) is 2.79. The number of nitrogens with one attached hydrogen (secondary N) is 1. The van der Waals surface area contributed by atoms with Crippen LogP contribution in [0.4, 0.5) is 5.69 Å². The van der Waals surface area contributed by atoms with E-state index in [4.69, 9.17) is 9.47 Å². The summed E-state index contributed by atoms with van der Waals surface area (Å²) in [6, 6.07) is 18.4. The number of hydrogen-bond donors (Lipinski definition) is 1. The summed E-state index contributed by atoms with van der Waals surface area (Å²) >= 11 is 3.34. The van der Waals surface area contributed by atoms with E-state index >= 15 is 0 Å². The standard InChI is InChI=1S/C25H18BrN3O5/c26-16-6-9-22-27-18(12-23(30)29(22)13-16)10-19(24(31)15-4-2-1-3-5-15)25(32)28-17-7-8-20-21(11-17)34-14-33-20/h1-9,11-13,19H,10,14H2,(H,28,32). The van der Waals surface area contributed by atoms with Gasteiger partial charge in [0.25, 0.3) is 5.56 Å². The number of Topliss-reactive ketones (excluding diaryl/α,β-unsaturated/α-hetero) is 1. The van der Waals surface area contributed by atoms with E-state index in [1.54, 1.807) is 66.9 Å². The summed E-state index contributed by atoms with van der Waals surface area (Å²) < 4.78 is 12.8. The van der Waals surface area contributed by atoms with Crippen LogP contribution in [0.25, 0.3) is 5.65 Å². The second-order valence-electron chi connectivity index (χ2n) is 7.71. The van der Waals surface area contributed by atoms with Crippen molar-refractivity contribution in [2.24, 2.45) is 5.92 Å². The fourth-order valence-electron chi connectivity index (χ4n) is 3.75. The zero-order valence-corrected chi connectivity index (χ0v) is 19.3. The third-order valence-electron chi connectivity index (χ3n) is 5.42. The van der Waals surface area contributed by atoms with Gasteiger partial charge in [-0.1, -0.05) is 30.3 Å². The second-order valence-corrected chi connectivity index (χ2v) is 8.62. The van der Waals surface area contributed by atoms with Crippen LogP contribution in [-0.2, 0) is 11.2 Å². The molecule has 2 aromatic carbocycles. The van der Waals surface area contributed by atoms with Gasteiger partial charge >= 0.3 is 0 Å². The van der Waals surface area contributed by atoms with Crippen LogP contribution in [0.1, 0.15) is 16.1 Å². The molecule has 0 fully saturated rings. The summed E-state index contributed by atoms with van der Waals surface area (Å²) in [4.78, 5) is 43.8. The average Bonchev–Trinajstić information content (AvgIpc) is 3.31. The Bertz CT molecular complexity index is 1470. The molecule has 9 heteroatoms. The molecule has 1 unspecified atom stereocenters. The van der Waals surface area contributed by atoms with Crippen LogP contribution in [0.15, 0.2) is 82.2 Å². The van der Waals surface area contributed by atoms with Crippen molar-refractivity contribution in [2.45, 2.75) is 6.42 Å². The number of benzene rings is 2. The fourth-order valence-corrected chi connectivity index (χ4v) is 4.09. The van der Waals surface area contributed by atoms with Crippen LogP contribution < -0.4 is 20.3 Å². The highest BCUT2D eigenvalue weighted by Gasteiger charge is 2.29. The van der Waals surface area contributed by atoms with Gasteiger partial charge in [0.2, 0.25) is 12.7 Å². The molecule has 0 aliphatic carbocycles. The molecule has 0 bridgehead atoms. The zero-order chi connectivity index (χ0) is 23.7. The predicted octanol–water partition coefficient (Wildman–Crippen LogP) is 3.87. The Morgan fingerprint density at radius 2 is 1.82 bits per heavy atom. The predicted molar refractivity (Wildman–Crippen MR) is 128 cm³/mol. The van der Waals surface area contributed by atoms with Gasteiger partial charge in [-0.15, -0.1) is 0 Å². The topological polar surface area (TPSA) is 99.0 Å². The first-order valence-electron chi connectivity index (χ1n) is 10.5. The third kappa shape index (κ3) is 4.42. The van der Waals surface area contributed by atoms with Crippen LogP contribution in [0, 0.1) is 5.92 Å². The van der Waals surface area contributed by atoms with E-state index in [-0.39, 0.29) is 24.6 Å². The molecule has 4 aromatic rings. The Balaban J connectivity index is 1.47. The number of amides is 1. The van der Waals surface area contributed by atoms with E-state index in [1.807, 2.05) is 0 Å². The lowest BCUT2D eigenvalue weighted by molar-refractivity contribution is -0.118. The Morgan fingerprint density at radius 1 is 1.03 bits per heavy atom. The van der Waals surface area contributed by atoms with Crippen molar-refractivity contribution in [1.82, 2.24) is 9.38 Å². The molecule has 34 heavy (non-hydrogen) atoms. The SMILES string of the molecule is O=C(Nc1ccc2c(c1)OCO2)C(Cc1cc(=O)n2cc(Br)ccc2n1)C(=O)c1ccccc1. The Kier molecular flexibility index (Phi) is 5.85. The van der Waals surface area contributed by atoms with E-state index in [9.17, 15) is 14.4 Å². The first-order chi connectivity index (χ1) is 16.5. The van der Waals surface area contributed by atoms with E-state index < -0.39 is 11.8 Å². The minimum Gasteiger partial charge on any atom is -0.454 e. The molecule has 0 spiro atoms. The molecular formula is C25H18BrN3O5. The second kappa shape index (κ2) is 9.11. The number of ether oxygens (including phenoxy) is 2. The molecule has 1 aliphatic rings. The number of anilines is 1. The minimum atomic E-state index is -1.10. The quantitative estimate of drug-likeness (QED) is 0.306. The van der Waals surface area contributed by atoms with Crippen molar-refractivity contribution in [3.05, 3.63) is 99.0 Å². The maximum Gasteiger partial charge on any atom is 0.258 e. The minimum absolute atomic E-state index is 0.0358. The van der Waals surface area contributed by atoms with Crippen molar-refractivity contribution in [2.75, 3.05) is 12.1 Å². The zero-order valence-electron chi connectivity index (χ0n) is 17.7. The number of rotatable bonds is 6. The van der Waals surface area contributed by atoms with Gasteiger partial charge in [-0.2, -0.15) is 0 Å². The van der Waals surface area contributed by atoms with Crippen molar-refractivity contribution < 1.29 is 19.1 Å². The molecular weight excluding hydrogens is 502 g/mol. The monoisotopic (exact) mass is 519 g/mol. The van der Waals surface area contributed by atoms with E-state index in [0.29, 0.717) is 34.1 Å².